The number of carbonyl (C=O) groups excluding carboxylic acids is 2. The summed E-state index contributed by atoms with van der Waals surface area (Å²) in [7, 11) is 1.57. The van der Waals surface area contributed by atoms with Gasteiger partial charge in [0.05, 0.1) is 7.11 Å². The zero-order valence-corrected chi connectivity index (χ0v) is 10.8. The standard InChI is InChI=1S/C12H15ClN2O3/c1-18-10-4-2-3-9(7-10)8-14-12(17)15-11(16)5-6-13/h2-4,7H,5-6,8H2,1H3,(H2,14,15,16,17). The third-order valence-corrected chi connectivity index (χ3v) is 2.35. The van der Waals surface area contributed by atoms with E-state index in [-0.39, 0.29) is 12.3 Å². The van der Waals surface area contributed by atoms with Gasteiger partial charge in [0, 0.05) is 18.8 Å². The fourth-order valence-electron chi connectivity index (χ4n) is 1.28. The first kappa shape index (κ1) is 14.3. The zero-order chi connectivity index (χ0) is 13.4. The van der Waals surface area contributed by atoms with E-state index in [0.29, 0.717) is 12.3 Å². The third kappa shape index (κ3) is 5.05. The van der Waals surface area contributed by atoms with Crippen LogP contribution in [0.2, 0.25) is 0 Å². The van der Waals surface area contributed by atoms with Crippen LogP contribution in [-0.4, -0.2) is 24.9 Å². The molecule has 0 aliphatic heterocycles. The summed E-state index contributed by atoms with van der Waals surface area (Å²) < 4.78 is 5.06. The van der Waals surface area contributed by atoms with Crippen molar-refractivity contribution >= 4 is 23.5 Å². The molecule has 0 atom stereocenters. The summed E-state index contributed by atoms with van der Waals surface area (Å²) in [6.07, 6.45) is 0.119. The van der Waals surface area contributed by atoms with Crippen LogP contribution in [0.5, 0.6) is 5.75 Å². The molecule has 6 heteroatoms. The molecule has 0 spiro atoms. The molecular formula is C12H15ClN2O3. The molecule has 1 aromatic carbocycles. The van der Waals surface area contributed by atoms with E-state index in [1.165, 1.54) is 0 Å². The molecule has 2 N–H and O–H groups in total. The summed E-state index contributed by atoms with van der Waals surface area (Å²) in [5.74, 6) is 0.510. The molecule has 1 rings (SSSR count). The SMILES string of the molecule is COc1cccc(CNC(=O)NC(=O)CCCl)c1. The fraction of sp³-hybridized carbons (Fsp3) is 0.333. The summed E-state index contributed by atoms with van der Waals surface area (Å²) in [6, 6.07) is 6.76. The molecule has 5 nitrogen and oxygen atoms in total. The van der Waals surface area contributed by atoms with E-state index < -0.39 is 11.9 Å². The van der Waals surface area contributed by atoms with Crippen LogP contribution >= 0.6 is 11.6 Å². The van der Waals surface area contributed by atoms with Gasteiger partial charge in [0.2, 0.25) is 5.91 Å². The Morgan fingerprint density at radius 3 is 2.83 bits per heavy atom. The van der Waals surface area contributed by atoms with Crippen molar-refractivity contribution in [3.63, 3.8) is 0 Å². The molecule has 0 unspecified atom stereocenters. The van der Waals surface area contributed by atoms with Gasteiger partial charge in [0.25, 0.3) is 0 Å². The number of alkyl halides is 1. The quantitative estimate of drug-likeness (QED) is 0.800. The van der Waals surface area contributed by atoms with Crippen LogP contribution in [0.15, 0.2) is 24.3 Å². The van der Waals surface area contributed by atoms with E-state index >= 15 is 0 Å². The van der Waals surface area contributed by atoms with Crippen molar-refractivity contribution in [3.8, 4) is 5.75 Å². The molecule has 0 radical (unpaired) electrons. The van der Waals surface area contributed by atoms with Gasteiger partial charge in [-0.2, -0.15) is 0 Å². The Balaban J connectivity index is 2.40. The van der Waals surface area contributed by atoms with Crippen LogP contribution in [-0.2, 0) is 11.3 Å². The topological polar surface area (TPSA) is 67.4 Å². The Morgan fingerprint density at radius 2 is 2.17 bits per heavy atom. The Kier molecular flexibility index (Phi) is 6.00. The minimum atomic E-state index is -0.534. The maximum atomic E-state index is 11.3. The van der Waals surface area contributed by atoms with Crippen molar-refractivity contribution < 1.29 is 14.3 Å². The average molecular weight is 271 g/mol. The molecule has 98 valence electrons. The lowest BCUT2D eigenvalue weighted by molar-refractivity contribution is -0.119. The average Bonchev–Trinajstić information content (AvgIpc) is 2.37. The first-order valence-electron chi connectivity index (χ1n) is 5.42. The number of ether oxygens (including phenoxy) is 1. The Hall–Kier alpha value is -1.75. The van der Waals surface area contributed by atoms with Crippen LogP contribution in [0.1, 0.15) is 12.0 Å². The van der Waals surface area contributed by atoms with E-state index in [2.05, 4.69) is 10.6 Å². The van der Waals surface area contributed by atoms with Crippen molar-refractivity contribution in [2.24, 2.45) is 0 Å². The smallest absolute Gasteiger partial charge is 0.321 e. The highest BCUT2D eigenvalue weighted by molar-refractivity contribution is 6.19. The van der Waals surface area contributed by atoms with Gasteiger partial charge in [-0.05, 0) is 17.7 Å². The summed E-state index contributed by atoms with van der Waals surface area (Å²) in [5.41, 5.74) is 0.884. The van der Waals surface area contributed by atoms with Gasteiger partial charge in [0.1, 0.15) is 5.75 Å². The lowest BCUT2D eigenvalue weighted by Gasteiger charge is -2.07. The van der Waals surface area contributed by atoms with Crippen LogP contribution in [0.3, 0.4) is 0 Å². The van der Waals surface area contributed by atoms with Crippen LogP contribution in [0.25, 0.3) is 0 Å². The van der Waals surface area contributed by atoms with Gasteiger partial charge < -0.3 is 10.1 Å². The van der Waals surface area contributed by atoms with Crippen molar-refractivity contribution in [3.05, 3.63) is 29.8 Å². The van der Waals surface area contributed by atoms with Gasteiger partial charge >= 0.3 is 6.03 Å². The number of nitrogens with one attached hydrogen (secondary N) is 2. The largest absolute Gasteiger partial charge is 0.497 e. The number of hydrogen-bond acceptors (Lipinski definition) is 3. The number of rotatable bonds is 5. The highest BCUT2D eigenvalue weighted by atomic mass is 35.5. The van der Waals surface area contributed by atoms with Crippen molar-refractivity contribution in [1.29, 1.82) is 0 Å². The summed E-state index contributed by atoms with van der Waals surface area (Å²) in [4.78, 5) is 22.4. The Morgan fingerprint density at radius 1 is 1.39 bits per heavy atom. The predicted molar refractivity (Wildman–Crippen MR) is 68.7 cm³/mol. The number of benzene rings is 1. The van der Waals surface area contributed by atoms with E-state index in [0.717, 1.165) is 5.56 Å². The second-order valence-electron chi connectivity index (χ2n) is 3.52. The first-order chi connectivity index (χ1) is 8.65. The molecule has 1 aromatic rings. The molecule has 0 aliphatic rings. The molecule has 3 amide bonds. The van der Waals surface area contributed by atoms with E-state index in [1.54, 1.807) is 13.2 Å². The minimum absolute atomic E-state index is 0.119. The number of halogens is 1. The molecule has 0 heterocycles. The van der Waals surface area contributed by atoms with Gasteiger partial charge in [-0.25, -0.2) is 4.79 Å². The monoisotopic (exact) mass is 270 g/mol. The maximum absolute atomic E-state index is 11.3. The van der Waals surface area contributed by atoms with Gasteiger partial charge in [-0.1, -0.05) is 12.1 Å². The predicted octanol–water partition coefficient (Wildman–Crippen LogP) is 1.65. The second kappa shape index (κ2) is 7.55. The number of amides is 3. The van der Waals surface area contributed by atoms with Gasteiger partial charge in [0.15, 0.2) is 0 Å². The molecule has 0 bridgehead atoms. The number of carbonyl (C=O) groups is 2. The highest BCUT2D eigenvalue weighted by Gasteiger charge is 2.06. The van der Waals surface area contributed by atoms with Crippen LogP contribution in [0.4, 0.5) is 4.79 Å². The molecule has 0 saturated carbocycles. The lowest BCUT2D eigenvalue weighted by Crippen LogP contribution is -2.39. The van der Waals surface area contributed by atoms with Gasteiger partial charge in [-0.15, -0.1) is 11.6 Å². The van der Waals surface area contributed by atoms with Crippen molar-refractivity contribution in [2.45, 2.75) is 13.0 Å². The van der Waals surface area contributed by atoms with Crippen molar-refractivity contribution in [1.82, 2.24) is 10.6 Å². The number of methoxy groups -OCH3 is 1. The first-order valence-corrected chi connectivity index (χ1v) is 5.95. The van der Waals surface area contributed by atoms with Gasteiger partial charge in [-0.3, -0.25) is 10.1 Å². The van der Waals surface area contributed by atoms with Crippen LogP contribution < -0.4 is 15.4 Å². The second-order valence-corrected chi connectivity index (χ2v) is 3.90. The molecule has 18 heavy (non-hydrogen) atoms. The summed E-state index contributed by atoms with van der Waals surface area (Å²) >= 11 is 5.38. The third-order valence-electron chi connectivity index (χ3n) is 2.16. The van der Waals surface area contributed by atoms with E-state index in [1.807, 2.05) is 18.2 Å². The summed E-state index contributed by atoms with van der Waals surface area (Å²) in [5, 5.41) is 4.75. The van der Waals surface area contributed by atoms with E-state index in [4.69, 9.17) is 16.3 Å². The molecule has 0 aromatic heterocycles. The maximum Gasteiger partial charge on any atom is 0.321 e. The normalized spacial score (nSPS) is 9.67. The fourth-order valence-corrected chi connectivity index (χ4v) is 1.46. The zero-order valence-electron chi connectivity index (χ0n) is 10.0. The summed E-state index contributed by atoms with van der Waals surface area (Å²) in [6.45, 7) is 0.317. The molecule has 0 aliphatic carbocycles. The lowest BCUT2D eigenvalue weighted by atomic mass is 10.2. The number of urea groups is 1. The highest BCUT2D eigenvalue weighted by Crippen LogP contribution is 2.11. The minimum Gasteiger partial charge on any atom is -0.497 e. The molecule has 0 saturated heterocycles. The van der Waals surface area contributed by atoms with E-state index in [9.17, 15) is 9.59 Å². The van der Waals surface area contributed by atoms with Crippen molar-refractivity contribution in [2.75, 3.05) is 13.0 Å². The number of imide groups is 1. The molecular weight excluding hydrogens is 256 g/mol. The Bertz CT molecular complexity index is 424. The number of hydrogen-bond donors (Lipinski definition) is 2. The Labute approximate surface area is 110 Å². The molecule has 0 fully saturated rings. The van der Waals surface area contributed by atoms with Crippen LogP contribution in [0, 0.1) is 0 Å².